The lowest BCUT2D eigenvalue weighted by atomic mass is 10.2. The van der Waals surface area contributed by atoms with Gasteiger partial charge in [0.1, 0.15) is 11.5 Å². The van der Waals surface area contributed by atoms with Crippen molar-refractivity contribution in [2.75, 3.05) is 0 Å². The van der Waals surface area contributed by atoms with Crippen molar-refractivity contribution in [3.63, 3.8) is 0 Å². The molecule has 2 aromatic rings. The number of hydrazine groups is 1. The van der Waals surface area contributed by atoms with Crippen LogP contribution in [0.25, 0.3) is 0 Å². The van der Waals surface area contributed by atoms with Crippen LogP contribution in [0, 0.1) is 20.8 Å². The Morgan fingerprint density at radius 3 is 2.55 bits per heavy atom. The predicted octanol–water partition coefficient (Wildman–Crippen LogP) is 1.28. The van der Waals surface area contributed by atoms with Crippen LogP contribution in [0.1, 0.15) is 34.0 Å². The highest BCUT2D eigenvalue weighted by Crippen LogP contribution is 2.12. The lowest BCUT2D eigenvalue weighted by Crippen LogP contribution is -2.42. The van der Waals surface area contributed by atoms with Crippen molar-refractivity contribution < 1.29 is 14.0 Å². The van der Waals surface area contributed by atoms with Gasteiger partial charge in [-0.25, -0.2) is 0 Å². The fourth-order valence-electron chi connectivity index (χ4n) is 2.00. The Morgan fingerprint density at radius 2 is 2.00 bits per heavy atom. The van der Waals surface area contributed by atoms with Gasteiger partial charge in [0.15, 0.2) is 0 Å². The summed E-state index contributed by atoms with van der Waals surface area (Å²) in [5.41, 5.74) is 5.85. The van der Waals surface area contributed by atoms with Crippen LogP contribution in [0.15, 0.2) is 20.7 Å². The van der Waals surface area contributed by atoms with E-state index in [1.165, 1.54) is 4.57 Å². The van der Waals surface area contributed by atoms with Crippen molar-refractivity contribution in [3.05, 3.63) is 43.9 Å². The number of aryl methyl sites for hydroxylation is 3. The third kappa shape index (κ3) is 3.64. The number of furan rings is 1. The minimum absolute atomic E-state index is 0.0983. The van der Waals surface area contributed by atoms with Gasteiger partial charge in [0.25, 0.3) is 5.91 Å². The number of thiazole rings is 1. The predicted molar refractivity (Wildman–Crippen MR) is 81.7 cm³/mol. The highest BCUT2D eigenvalue weighted by Gasteiger charge is 2.14. The molecular formula is C14H17N3O4S. The number of nitrogens with zero attached hydrogens (tertiary/aromatic N) is 1. The van der Waals surface area contributed by atoms with Gasteiger partial charge in [-0.1, -0.05) is 11.3 Å². The summed E-state index contributed by atoms with van der Waals surface area (Å²) in [4.78, 5) is 35.0. The molecule has 0 saturated heterocycles. The van der Waals surface area contributed by atoms with Crippen LogP contribution in [-0.2, 0) is 11.3 Å². The van der Waals surface area contributed by atoms with Gasteiger partial charge >= 0.3 is 4.87 Å². The Kier molecular flexibility index (Phi) is 4.81. The summed E-state index contributed by atoms with van der Waals surface area (Å²) >= 11 is 1.10. The second-order valence-corrected chi connectivity index (χ2v) is 5.69. The van der Waals surface area contributed by atoms with Gasteiger partial charge in [-0.05, 0) is 26.8 Å². The maximum Gasteiger partial charge on any atom is 0.307 e. The van der Waals surface area contributed by atoms with E-state index < -0.39 is 5.91 Å². The smallest absolute Gasteiger partial charge is 0.307 e. The summed E-state index contributed by atoms with van der Waals surface area (Å²) in [6, 6.07) is 1.60. The molecule has 8 heteroatoms. The molecule has 7 nitrogen and oxygen atoms in total. The van der Waals surface area contributed by atoms with Crippen molar-refractivity contribution >= 4 is 23.2 Å². The van der Waals surface area contributed by atoms with E-state index in [0.29, 0.717) is 17.1 Å². The van der Waals surface area contributed by atoms with E-state index in [2.05, 4.69) is 10.9 Å². The zero-order valence-corrected chi connectivity index (χ0v) is 13.4. The molecule has 22 heavy (non-hydrogen) atoms. The lowest BCUT2D eigenvalue weighted by Gasteiger charge is -2.07. The van der Waals surface area contributed by atoms with Gasteiger partial charge in [-0.15, -0.1) is 0 Å². The number of carbonyl (C=O) groups is 2. The molecule has 0 aromatic carbocycles. The zero-order chi connectivity index (χ0) is 16.3. The first-order chi connectivity index (χ1) is 10.4. The molecule has 0 unspecified atom stereocenters. The maximum absolute atomic E-state index is 11.9. The third-order valence-corrected chi connectivity index (χ3v) is 4.02. The molecule has 0 spiro atoms. The number of hydrogen-bond donors (Lipinski definition) is 2. The molecule has 118 valence electrons. The van der Waals surface area contributed by atoms with Crippen LogP contribution >= 0.6 is 11.3 Å². The Balaban J connectivity index is 1.84. The van der Waals surface area contributed by atoms with Crippen LogP contribution in [-0.4, -0.2) is 16.4 Å². The Bertz CT molecular complexity index is 756. The number of hydrogen-bond acceptors (Lipinski definition) is 5. The molecule has 2 N–H and O–H groups in total. The second kappa shape index (κ2) is 6.61. The van der Waals surface area contributed by atoms with Gasteiger partial charge in [0.2, 0.25) is 5.91 Å². The number of aromatic nitrogens is 1. The Labute approximate surface area is 130 Å². The van der Waals surface area contributed by atoms with E-state index in [1.54, 1.807) is 25.3 Å². The molecule has 2 rings (SSSR count). The normalized spacial score (nSPS) is 10.5. The third-order valence-electron chi connectivity index (χ3n) is 3.14. The van der Waals surface area contributed by atoms with E-state index in [-0.39, 0.29) is 23.7 Å². The molecule has 0 aliphatic carbocycles. The molecule has 0 aliphatic rings. The summed E-state index contributed by atoms with van der Waals surface area (Å²) in [5, 5.41) is 1.74. The Morgan fingerprint density at radius 1 is 1.27 bits per heavy atom. The van der Waals surface area contributed by atoms with Crippen molar-refractivity contribution in [1.29, 1.82) is 0 Å². The number of carbonyl (C=O) groups excluding carboxylic acids is 2. The molecule has 2 heterocycles. The highest BCUT2D eigenvalue weighted by molar-refractivity contribution is 7.07. The molecule has 0 fully saturated rings. The lowest BCUT2D eigenvalue weighted by molar-refractivity contribution is -0.122. The molecule has 2 aromatic heterocycles. The molecule has 0 aliphatic heterocycles. The SMILES string of the molecule is Cc1cc(C(=O)NNC(=O)CCn2c(C)csc2=O)c(C)o1. The van der Waals surface area contributed by atoms with Gasteiger partial charge in [0.05, 0.1) is 5.56 Å². The number of amides is 2. The monoisotopic (exact) mass is 323 g/mol. The molecule has 0 radical (unpaired) electrons. The van der Waals surface area contributed by atoms with Crippen LogP contribution in [0.5, 0.6) is 0 Å². The minimum atomic E-state index is -0.438. The fourth-order valence-corrected chi connectivity index (χ4v) is 2.76. The summed E-state index contributed by atoms with van der Waals surface area (Å²) in [6.07, 6.45) is 0.0984. The van der Waals surface area contributed by atoms with Crippen molar-refractivity contribution in [2.45, 2.75) is 33.7 Å². The zero-order valence-electron chi connectivity index (χ0n) is 12.6. The standard InChI is InChI=1S/C14H17N3O4S/c1-8-7-22-14(20)17(8)5-4-12(18)15-16-13(19)11-6-9(2)21-10(11)3/h6-7H,4-5H2,1-3H3,(H,15,18)(H,16,19). The summed E-state index contributed by atoms with van der Waals surface area (Å²) in [5.74, 6) is 0.307. The van der Waals surface area contributed by atoms with Crippen molar-refractivity contribution in [2.24, 2.45) is 0 Å². The number of nitrogens with one attached hydrogen (secondary N) is 2. The number of rotatable bonds is 4. The molecule has 0 bridgehead atoms. The summed E-state index contributed by atoms with van der Waals surface area (Å²) < 4.78 is 6.78. The van der Waals surface area contributed by atoms with Gasteiger partial charge in [-0.3, -0.25) is 25.2 Å². The minimum Gasteiger partial charge on any atom is -0.466 e. The van der Waals surface area contributed by atoms with Crippen LogP contribution in [0.2, 0.25) is 0 Å². The van der Waals surface area contributed by atoms with Gasteiger partial charge < -0.3 is 8.98 Å². The van der Waals surface area contributed by atoms with E-state index in [4.69, 9.17) is 4.42 Å². The van der Waals surface area contributed by atoms with E-state index in [1.807, 2.05) is 6.92 Å². The average molecular weight is 323 g/mol. The average Bonchev–Trinajstić information content (AvgIpc) is 2.96. The van der Waals surface area contributed by atoms with Crippen LogP contribution in [0.4, 0.5) is 0 Å². The first kappa shape index (κ1) is 16.0. The Hall–Kier alpha value is -2.35. The van der Waals surface area contributed by atoms with E-state index >= 15 is 0 Å². The van der Waals surface area contributed by atoms with Crippen LogP contribution in [0.3, 0.4) is 0 Å². The molecular weight excluding hydrogens is 306 g/mol. The quantitative estimate of drug-likeness (QED) is 0.829. The summed E-state index contributed by atoms with van der Waals surface area (Å²) in [7, 11) is 0. The van der Waals surface area contributed by atoms with Gasteiger partial charge in [0, 0.05) is 24.0 Å². The molecule has 0 atom stereocenters. The van der Waals surface area contributed by atoms with Crippen molar-refractivity contribution in [3.8, 4) is 0 Å². The maximum atomic E-state index is 11.9. The van der Waals surface area contributed by atoms with Gasteiger partial charge in [-0.2, -0.15) is 0 Å². The second-order valence-electron chi connectivity index (χ2n) is 4.87. The van der Waals surface area contributed by atoms with Crippen molar-refractivity contribution in [1.82, 2.24) is 15.4 Å². The van der Waals surface area contributed by atoms with E-state index in [0.717, 1.165) is 17.0 Å². The first-order valence-corrected chi connectivity index (χ1v) is 7.57. The topological polar surface area (TPSA) is 93.3 Å². The van der Waals surface area contributed by atoms with Crippen LogP contribution < -0.4 is 15.7 Å². The fraction of sp³-hybridized carbons (Fsp3) is 0.357. The largest absolute Gasteiger partial charge is 0.466 e. The summed E-state index contributed by atoms with van der Waals surface area (Å²) in [6.45, 7) is 5.50. The highest BCUT2D eigenvalue weighted by atomic mass is 32.1. The first-order valence-electron chi connectivity index (χ1n) is 6.69. The molecule has 0 saturated carbocycles. The van der Waals surface area contributed by atoms with E-state index in [9.17, 15) is 14.4 Å². The molecule has 2 amide bonds.